The van der Waals surface area contributed by atoms with Crippen molar-refractivity contribution in [3.63, 3.8) is 0 Å². The molecule has 2 N–H and O–H groups in total. The molecule has 2 rings (SSSR count). The lowest BCUT2D eigenvalue weighted by Gasteiger charge is -2.14. The van der Waals surface area contributed by atoms with Crippen molar-refractivity contribution in [1.29, 1.82) is 0 Å². The van der Waals surface area contributed by atoms with E-state index >= 15 is 0 Å². The normalized spacial score (nSPS) is 12.1. The van der Waals surface area contributed by atoms with Gasteiger partial charge in [0.25, 0.3) is 0 Å². The molecular formula is C11H7BrF3IN2. The van der Waals surface area contributed by atoms with E-state index in [1.807, 2.05) is 0 Å². The van der Waals surface area contributed by atoms with Gasteiger partial charge in [-0.2, -0.15) is 13.2 Å². The monoisotopic (exact) mass is 430 g/mol. The second-order valence-corrected chi connectivity index (χ2v) is 5.88. The van der Waals surface area contributed by atoms with E-state index < -0.39 is 11.9 Å². The summed E-state index contributed by atoms with van der Waals surface area (Å²) in [5, 5.41) is 0.527. The zero-order valence-corrected chi connectivity index (χ0v) is 12.8. The Hall–Kier alpha value is -0.570. The van der Waals surface area contributed by atoms with E-state index in [-0.39, 0.29) is 16.8 Å². The predicted octanol–water partition coefficient (Wildman–Crippen LogP) is 4.51. The van der Waals surface area contributed by atoms with Crippen LogP contribution >= 0.6 is 38.5 Å². The molecule has 0 spiro atoms. The van der Waals surface area contributed by atoms with Crippen LogP contribution in [0.2, 0.25) is 0 Å². The van der Waals surface area contributed by atoms with Crippen LogP contribution in [0.1, 0.15) is 11.3 Å². The largest absolute Gasteiger partial charge is 0.433 e. The van der Waals surface area contributed by atoms with Crippen molar-refractivity contribution in [2.75, 3.05) is 5.73 Å². The molecule has 0 saturated carbocycles. The van der Waals surface area contributed by atoms with Gasteiger partial charge in [0.15, 0.2) is 0 Å². The van der Waals surface area contributed by atoms with Gasteiger partial charge in [0.1, 0.15) is 5.69 Å². The lowest BCUT2D eigenvalue weighted by molar-refractivity contribution is -0.141. The first-order valence-corrected chi connectivity index (χ1v) is 6.71. The topological polar surface area (TPSA) is 38.9 Å². The predicted molar refractivity (Wildman–Crippen MR) is 76.3 cm³/mol. The van der Waals surface area contributed by atoms with E-state index in [9.17, 15) is 13.2 Å². The molecule has 7 heteroatoms. The van der Waals surface area contributed by atoms with E-state index in [1.165, 1.54) is 6.92 Å². The molecule has 0 aliphatic rings. The smallest absolute Gasteiger partial charge is 0.398 e. The average molecular weight is 431 g/mol. The first kappa shape index (κ1) is 13.9. The van der Waals surface area contributed by atoms with Gasteiger partial charge in [0.2, 0.25) is 0 Å². The van der Waals surface area contributed by atoms with E-state index in [0.29, 0.717) is 9.86 Å². The first-order chi connectivity index (χ1) is 8.21. The quantitative estimate of drug-likeness (QED) is 0.624. The van der Waals surface area contributed by atoms with Gasteiger partial charge in [-0.15, -0.1) is 0 Å². The number of benzene rings is 1. The highest BCUT2D eigenvalue weighted by Crippen LogP contribution is 2.38. The fraction of sp³-hybridized carbons (Fsp3) is 0.182. The second-order valence-electron chi connectivity index (χ2n) is 3.78. The number of anilines is 1. The van der Waals surface area contributed by atoms with Crippen molar-refractivity contribution in [3.8, 4) is 0 Å². The van der Waals surface area contributed by atoms with Gasteiger partial charge in [-0.3, -0.25) is 0 Å². The van der Waals surface area contributed by atoms with Crippen LogP contribution in [0.25, 0.3) is 10.9 Å². The van der Waals surface area contributed by atoms with Gasteiger partial charge >= 0.3 is 6.18 Å². The van der Waals surface area contributed by atoms with E-state index in [0.717, 1.165) is 3.57 Å². The number of aromatic nitrogens is 1. The van der Waals surface area contributed by atoms with Gasteiger partial charge < -0.3 is 5.73 Å². The number of hydrogen-bond donors (Lipinski definition) is 1. The SMILES string of the molecule is Cc1c(C(F)(F)F)nc2c(Br)cc(I)cc2c1N. The molecular weight excluding hydrogens is 424 g/mol. The summed E-state index contributed by atoms with van der Waals surface area (Å²) in [6.45, 7) is 1.33. The van der Waals surface area contributed by atoms with Crippen LogP contribution in [0.3, 0.4) is 0 Å². The summed E-state index contributed by atoms with van der Waals surface area (Å²) in [6.07, 6.45) is -4.51. The van der Waals surface area contributed by atoms with Gasteiger partial charge in [0, 0.05) is 24.7 Å². The summed E-state index contributed by atoms with van der Waals surface area (Å²) >= 11 is 5.29. The zero-order chi connectivity index (χ0) is 13.7. The molecule has 1 aromatic carbocycles. The van der Waals surface area contributed by atoms with Gasteiger partial charge in [-0.25, -0.2) is 4.98 Å². The molecule has 0 unspecified atom stereocenters. The van der Waals surface area contributed by atoms with E-state index in [2.05, 4.69) is 43.5 Å². The van der Waals surface area contributed by atoms with Gasteiger partial charge in [-0.1, -0.05) is 0 Å². The summed E-state index contributed by atoms with van der Waals surface area (Å²) in [5.74, 6) is 0. The number of fused-ring (bicyclic) bond motifs is 1. The van der Waals surface area contributed by atoms with Crippen LogP contribution in [-0.2, 0) is 6.18 Å². The number of rotatable bonds is 0. The Kier molecular flexibility index (Phi) is 3.48. The number of nitrogens with zero attached hydrogens (tertiary/aromatic N) is 1. The average Bonchev–Trinajstić information content (AvgIpc) is 2.22. The molecule has 0 amide bonds. The van der Waals surface area contributed by atoms with E-state index in [1.54, 1.807) is 12.1 Å². The van der Waals surface area contributed by atoms with Crippen molar-refractivity contribution in [3.05, 3.63) is 31.4 Å². The molecule has 1 heterocycles. The maximum absolute atomic E-state index is 12.8. The van der Waals surface area contributed by atoms with Crippen LogP contribution in [0.5, 0.6) is 0 Å². The Morgan fingerprint density at radius 3 is 2.50 bits per heavy atom. The molecule has 0 fully saturated rings. The lowest BCUT2D eigenvalue weighted by Crippen LogP contribution is -2.12. The highest BCUT2D eigenvalue weighted by Gasteiger charge is 2.36. The molecule has 0 aliphatic heterocycles. The molecule has 18 heavy (non-hydrogen) atoms. The highest BCUT2D eigenvalue weighted by molar-refractivity contribution is 14.1. The fourth-order valence-corrected chi connectivity index (χ4v) is 3.29. The first-order valence-electron chi connectivity index (χ1n) is 4.84. The van der Waals surface area contributed by atoms with Crippen molar-refractivity contribution < 1.29 is 13.2 Å². The zero-order valence-electron chi connectivity index (χ0n) is 9.07. The third-order valence-electron chi connectivity index (χ3n) is 2.57. The fourth-order valence-electron chi connectivity index (χ4n) is 1.69. The lowest BCUT2D eigenvalue weighted by atomic mass is 10.1. The number of alkyl halides is 3. The summed E-state index contributed by atoms with van der Waals surface area (Å²) in [6, 6.07) is 3.42. The van der Waals surface area contributed by atoms with Crippen molar-refractivity contribution >= 4 is 55.1 Å². The Bertz CT molecular complexity index is 640. The summed E-state index contributed by atoms with van der Waals surface area (Å²) in [5.41, 5.74) is 5.16. The van der Waals surface area contributed by atoms with Crippen LogP contribution in [0, 0.1) is 10.5 Å². The van der Waals surface area contributed by atoms with Crippen molar-refractivity contribution in [1.82, 2.24) is 4.98 Å². The highest BCUT2D eigenvalue weighted by atomic mass is 127. The molecule has 0 radical (unpaired) electrons. The number of halogens is 5. The molecule has 0 bridgehead atoms. The Morgan fingerprint density at radius 2 is 1.94 bits per heavy atom. The van der Waals surface area contributed by atoms with Gasteiger partial charge in [-0.05, 0) is 57.6 Å². The second kappa shape index (κ2) is 4.52. The van der Waals surface area contributed by atoms with Crippen LogP contribution in [0.4, 0.5) is 18.9 Å². The standard InChI is InChI=1S/C11H7BrF3IN2/c1-4-8(17)6-2-5(16)3-7(12)9(6)18-10(4)11(13,14)15/h2-3H,1H3,(H2,17,18). The summed E-state index contributed by atoms with van der Waals surface area (Å²) in [7, 11) is 0. The number of nitrogen functional groups attached to an aromatic ring is 1. The van der Waals surface area contributed by atoms with Crippen molar-refractivity contribution in [2.45, 2.75) is 13.1 Å². The molecule has 96 valence electrons. The molecule has 0 atom stereocenters. The van der Waals surface area contributed by atoms with Crippen LogP contribution in [0.15, 0.2) is 16.6 Å². The third-order valence-corrected chi connectivity index (χ3v) is 3.80. The molecule has 2 aromatic rings. The molecule has 2 nitrogen and oxygen atoms in total. The van der Waals surface area contributed by atoms with Crippen LogP contribution < -0.4 is 5.73 Å². The number of nitrogens with two attached hydrogens (primary N) is 1. The number of hydrogen-bond acceptors (Lipinski definition) is 2. The van der Waals surface area contributed by atoms with Crippen LogP contribution in [-0.4, -0.2) is 4.98 Å². The Balaban J connectivity index is 2.93. The Morgan fingerprint density at radius 1 is 1.33 bits per heavy atom. The minimum atomic E-state index is -4.51. The summed E-state index contributed by atoms with van der Waals surface area (Å²) in [4.78, 5) is 3.69. The summed E-state index contributed by atoms with van der Waals surface area (Å²) < 4.78 is 39.9. The maximum Gasteiger partial charge on any atom is 0.433 e. The van der Waals surface area contributed by atoms with Crippen molar-refractivity contribution in [2.24, 2.45) is 0 Å². The van der Waals surface area contributed by atoms with Gasteiger partial charge in [0.05, 0.1) is 5.52 Å². The molecule has 0 saturated heterocycles. The maximum atomic E-state index is 12.8. The Labute approximate surface area is 123 Å². The molecule has 0 aliphatic carbocycles. The third kappa shape index (κ3) is 2.29. The van der Waals surface area contributed by atoms with E-state index in [4.69, 9.17) is 5.73 Å². The minimum Gasteiger partial charge on any atom is -0.398 e. The molecule has 1 aromatic heterocycles. The minimum absolute atomic E-state index is 0.0381. The number of pyridine rings is 1.